The van der Waals surface area contributed by atoms with Crippen LogP contribution in [0.25, 0.3) is 0 Å². The van der Waals surface area contributed by atoms with Crippen molar-refractivity contribution in [2.24, 2.45) is 0 Å². The molecule has 1 heterocycles. The fourth-order valence-electron chi connectivity index (χ4n) is 1.54. The molecule has 0 aliphatic carbocycles. The molecule has 2 rings (SSSR count). The maximum atomic E-state index is 5.75. The molecular weight excluding hydrogens is 214 g/mol. The highest BCUT2D eigenvalue weighted by Gasteiger charge is 2.04. The Bertz CT molecular complexity index is 500. The van der Waals surface area contributed by atoms with Crippen molar-refractivity contribution in [3.05, 3.63) is 47.9 Å². The highest BCUT2D eigenvalue weighted by atomic mass is 16.5. The molecule has 1 aromatic carbocycles. The number of rotatable bonds is 4. The van der Waals surface area contributed by atoms with Gasteiger partial charge in [-0.3, -0.25) is 0 Å². The van der Waals surface area contributed by atoms with E-state index in [0.29, 0.717) is 11.7 Å². The summed E-state index contributed by atoms with van der Waals surface area (Å²) in [6.07, 6.45) is 1.69. The molecule has 0 radical (unpaired) electrons. The predicted octanol–water partition coefficient (Wildman–Crippen LogP) is 2.30. The number of hydrogen-bond donors (Lipinski definition) is 1. The van der Waals surface area contributed by atoms with E-state index in [1.165, 1.54) is 0 Å². The Hall–Kier alpha value is -1.94. The lowest BCUT2D eigenvalue weighted by molar-refractivity contribution is 0.452. The maximum Gasteiger partial charge on any atom is 0.222 e. The highest BCUT2D eigenvalue weighted by molar-refractivity contribution is 5.35. The van der Waals surface area contributed by atoms with Crippen LogP contribution >= 0.6 is 0 Å². The van der Waals surface area contributed by atoms with E-state index < -0.39 is 0 Å². The van der Waals surface area contributed by atoms with Crippen molar-refractivity contribution in [1.29, 1.82) is 0 Å². The molecule has 1 N–H and O–H groups in total. The van der Waals surface area contributed by atoms with E-state index in [1.54, 1.807) is 12.3 Å². The molecule has 4 nitrogen and oxygen atoms in total. The van der Waals surface area contributed by atoms with E-state index in [-0.39, 0.29) is 0 Å². The van der Waals surface area contributed by atoms with Gasteiger partial charge in [-0.05, 0) is 20.0 Å². The van der Waals surface area contributed by atoms with Crippen LogP contribution in [-0.4, -0.2) is 17.0 Å². The van der Waals surface area contributed by atoms with Gasteiger partial charge in [0.25, 0.3) is 0 Å². The Morgan fingerprint density at radius 1 is 1.24 bits per heavy atom. The lowest BCUT2D eigenvalue weighted by atomic mass is 10.2. The lowest BCUT2D eigenvalue weighted by Gasteiger charge is -2.09. The summed E-state index contributed by atoms with van der Waals surface area (Å²) in [5, 5.41) is 3.11. The van der Waals surface area contributed by atoms with Gasteiger partial charge < -0.3 is 10.1 Å². The van der Waals surface area contributed by atoms with Crippen LogP contribution in [-0.2, 0) is 6.54 Å². The summed E-state index contributed by atoms with van der Waals surface area (Å²) in [5.41, 5.74) is 1.10. The predicted molar refractivity (Wildman–Crippen MR) is 66.0 cm³/mol. The normalized spacial score (nSPS) is 10.2. The Kier molecular flexibility index (Phi) is 3.67. The molecule has 0 aliphatic rings. The highest BCUT2D eigenvalue weighted by Crippen LogP contribution is 2.23. The zero-order chi connectivity index (χ0) is 12.1. The summed E-state index contributed by atoms with van der Waals surface area (Å²) in [5.74, 6) is 2.09. The summed E-state index contributed by atoms with van der Waals surface area (Å²) in [6, 6.07) is 9.65. The van der Waals surface area contributed by atoms with E-state index >= 15 is 0 Å². The van der Waals surface area contributed by atoms with Crippen LogP contribution in [0.2, 0.25) is 0 Å². The van der Waals surface area contributed by atoms with Crippen LogP contribution in [0.4, 0.5) is 0 Å². The SMILES string of the molecule is CNCc1ccccc1Oc1ccnc(C)n1. The van der Waals surface area contributed by atoms with Gasteiger partial charge in [0.1, 0.15) is 11.6 Å². The number of nitrogens with zero attached hydrogens (tertiary/aromatic N) is 2. The van der Waals surface area contributed by atoms with Crippen LogP contribution in [0.1, 0.15) is 11.4 Å². The Balaban J connectivity index is 2.23. The number of aromatic nitrogens is 2. The third-order valence-electron chi connectivity index (χ3n) is 2.30. The molecular formula is C13H15N3O. The number of benzene rings is 1. The second-order valence-corrected chi connectivity index (χ2v) is 3.68. The van der Waals surface area contributed by atoms with Gasteiger partial charge in [-0.15, -0.1) is 0 Å². The van der Waals surface area contributed by atoms with E-state index in [4.69, 9.17) is 4.74 Å². The molecule has 0 aliphatic heterocycles. The number of hydrogen-bond acceptors (Lipinski definition) is 4. The van der Waals surface area contributed by atoms with E-state index in [1.807, 2.05) is 38.2 Å². The van der Waals surface area contributed by atoms with Gasteiger partial charge in [0.05, 0.1) is 0 Å². The van der Waals surface area contributed by atoms with Crippen molar-refractivity contribution in [3.8, 4) is 11.6 Å². The van der Waals surface area contributed by atoms with Gasteiger partial charge in [0.15, 0.2) is 0 Å². The van der Waals surface area contributed by atoms with Gasteiger partial charge in [0.2, 0.25) is 5.88 Å². The molecule has 0 atom stereocenters. The van der Waals surface area contributed by atoms with Gasteiger partial charge >= 0.3 is 0 Å². The molecule has 1 aromatic heterocycles. The molecule has 88 valence electrons. The first-order valence-electron chi connectivity index (χ1n) is 5.49. The van der Waals surface area contributed by atoms with Crippen molar-refractivity contribution >= 4 is 0 Å². The first kappa shape index (κ1) is 11.5. The van der Waals surface area contributed by atoms with Gasteiger partial charge in [0, 0.05) is 24.4 Å². The molecule has 0 fully saturated rings. The second-order valence-electron chi connectivity index (χ2n) is 3.68. The molecule has 0 unspecified atom stereocenters. The standard InChI is InChI=1S/C13H15N3O/c1-10-15-8-7-13(16-10)17-12-6-4-3-5-11(12)9-14-2/h3-8,14H,9H2,1-2H3. The van der Waals surface area contributed by atoms with Crippen molar-refractivity contribution in [1.82, 2.24) is 15.3 Å². The fourth-order valence-corrected chi connectivity index (χ4v) is 1.54. The summed E-state index contributed by atoms with van der Waals surface area (Å²) < 4.78 is 5.75. The van der Waals surface area contributed by atoms with Gasteiger partial charge in [-0.2, -0.15) is 4.98 Å². The van der Waals surface area contributed by atoms with Crippen LogP contribution in [0.15, 0.2) is 36.5 Å². The molecule has 0 saturated heterocycles. The molecule has 0 bridgehead atoms. The third kappa shape index (κ3) is 3.01. The van der Waals surface area contributed by atoms with E-state index in [0.717, 1.165) is 17.9 Å². The average molecular weight is 229 g/mol. The van der Waals surface area contributed by atoms with Crippen LogP contribution in [0.3, 0.4) is 0 Å². The van der Waals surface area contributed by atoms with E-state index in [2.05, 4.69) is 15.3 Å². The monoisotopic (exact) mass is 229 g/mol. The molecule has 2 aromatic rings. The van der Waals surface area contributed by atoms with Crippen LogP contribution in [0, 0.1) is 6.92 Å². The number of aryl methyl sites for hydroxylation is 1. The largest absolute Gasteiger partial charge is 0.439 e. The summed E-state index contributed by atoms with van der Waals surface area (Å²) in [7, 11) is 1.91. The van der Waals surface area contributed by atoms with Gasteiger partial charge in [-0.1, -0.05) is 18.2 Å². The second kappa shape index (κ2) is 5.41. The molecule has 17 heavy (non-hydrogen) atoms. The molecule has 4 heteroatoms. The maximum absolute atomic E-state index is 5.75. The zero-order valence-corrected chi connectivity index (χ0v) is 9.97. The van der Waals surface area contributed by atoms with Gasteiger partial charge in [-0.25, -0.2) is 4.98 Å². The Labute approximate surface area is 101 Å². The van der Waals surface area contributed by atoms with E-state index in [9.17, 15) is 0 Å². The minimum Gasteiger partial charge on any atom is -0.439 e. The minimum atomic E-state index is 0.570. The smallest absolute Gasteiger partial charge is 0.222 e. The third-order valence-corrected chi connectivity index (χ3v) is 2.30. The summed E-state index contributed by atoms with van der Waals surface area (Å²) in [4.78, 5) is 8.25. The van der Waals surface area contributed by atoms with Crippen LogP contribution in [0.5, 0.6) is 11.6 Å². The van der Waals surface area contributed by atoms with Crippen molar-refractivity contribution in [3.63, 3.8) is 0 Å². The lowest BCUT2D eigenvalue weighted by Crippen LogP contribution is -2.06. The van der Waals surface area contributed by atoms with Crippen LogP contribution < -0.4 is 10.1 Å². The fraction of sp³-hybridized carbons (Fsp3) is 0.231. The summed E-state index contributed by atoms with van der Waals surface area (Å²) >= 11 is 0. The number of nitrogens with one attached hydrogen (secondary N) is 1. The van der Waals surface area contributed by atoms with Crippen molar-refractivity contribution in [2.45, 2.75) is 13.5 Å². The first-order chi connectivity index (χ1) is 8.29. The average Bonchev–Trinajstić information content (AvgIpc) is 2.32. The minimum absolute atomic E-state index is 0.570. The first-order valence-corrected chi connectivity index (χ1v) is 5.49. The Morgan fingerprint density at radius 3 is 2.82 bits per heavy atom. The molecule has 0 spiro atoms. The quantitative estimate of drug-likeness (QED) is 0.873. The zero-order valence-electron chi connectivity index (χ0n) is 9.97. The topological polar surface area (TPSA) is 47.0 Å². The molecule has 0 amide bonds. The number of para-hydroxylation sites is 1. The number of ether oxygens (including phenoxy) is 1. The summed E-state index contributed by atoms with van der Waals surface area (Å²) in [6.45, 7) is 2.60. The Morgan fingerprint density at radius 2 is 2.06 bits per heavy atom. The van der Waals surface area contributed by atoms with Crippen molar-refractivity contribution < 1.29 is 4.74 Å². The van der Waals surface area contributed by atoms with Crippen molar-refractivity contribution in [2.75, 3.05) is 7.05 Å². The molecule has 0 saturated carbocycles.